The second-order valence-corrected chi connectivity index (χ2v) is 5.41. The van der Waals surface area contributed by atoms with Gasteiger partial charge in [0, 0.05) is 10.5 Å². The lowest BCUT2D eigenvalue weighted by Crippen LogP contribution is -2.01. The number of halogens is 4. The molecule has 0 atom stereocenters. The summed E-state index contributed by atoms with van der Waals surface area (Å²) in [5, 5.41) is 9.61. The van der Waals surface area contributed by atoms with E-state index < -0.39 is 11.8 Å². The third kappa shape index (κ3) is 3.23. The van der Waals surface area contributed by atoms with E-state index in [-0.39, 0.29) is 22.1 Å². The number of carboxylic acids is 1. The van der Waals surface area contributed by atoms with Gasteiger partial charge in [0.25, 0.3) is 0 Å². The lowest BCUT2D eigenvalue weighted by atomic mass is 10.2. The van der Waals surface area contributed by atoms with Crippen molar-refractivity contribution in [3.05, 3.63) is 56.2 Å². The molecule has 0 heterocycles. The molecule has 7 heteroatoms. The van der Waals surface area contributed by atoms with Gasteiger partial charge in [-0.15, -0.1) is 0 Å². The van der Waals surface area contributed by atoms with E-state index in [2.05, 4.69) is 15.9 Å². The van der Waals surface area contributed by atoms with Crippen LogP contribution in [0.1, 0.15) is 10.4 Å². The van der Waals surface area contributed by atoms with Gasteiger partial charge in [-0.1, -0.05) is 23.2 Å². The number of hydrogen-bond donors (Lipinski definition) is 1. The summed E-state index contributed by atoms with van der Waals surface area (Å²) in [6.07, 6.45) is 0. The van der Waals surface area contributed by atoms with Crippen molar-refractivity contribution in [2.24, 2.45) is 0 Å². The van der Waals surface area contributed by atoms with Crippen molar-refractivity contribution >= 4 is 45.1 Å². The number of benzene rings is 2. The number of carbonyl (C=O) groups is 1. The maximum Gasteiger partial charge on any atom is 0.339 e. The molecule has 0 amide bonds. The number of aromatic carboxylic acids is 1. The van der Waals surface area contributed by atoms with Crippen LogP contribution in [0, 0.1) is 5.82 Å². The van der Waals surface area contributed by atoms with Gasteiger partial charge in [0.15, 0.2) is 0 Å². The molecular weight excluding hydrogens is 374 g/mol. The van der Waals surface area contributed by atoms with Gasteiger partial charge in [-0.3, -0.25) is 0 Å². The Labute approximate surface area is 132 Å². The molecule has 0 spiro atoms. The van der Waals surface area contributed by atoms with E-state index in [0.29, 0.717) is 9.50 Å². The van der Waals surface area contributed by atoms with E-state index in [1.165, 1.54) is 18.2 Å². The summed E-state index contributed by atoms with van der Waals surface area (Å²) in [6.45, 7) is 0. The van der Waals surface area contributed by atoms with Crippen LogP contribution < -0.4 is 4.74 Å². The molecule has 104 valence electrons. The monoisotopic (exact) mass is 378 g/mol. The number of carboxylic acid groups (broad SMARTS) is 1. The summed E-state index contributed by atoms with van der Waals surface area (Å²) in [7, 11) is 0. The maximum atomic E-state index is 13.1. The van der Waals surface area contributed by atoms with Gasteiger partial charge in [-0.2, -0.15) is 0 Å². The van der Waals surface area contributed by atoms with Crippen LogP contribution in [0.3, 0.4) is 0 Å². The van der Waals surface area contributed by atoms with E-state index in [4.69, 9.17) is 33.0 Å². The van der Waals surface area contributed by atoms with Crippen LogP contribution in [-0.2, 0) is 0 Å². The minimum absolute atomic E-state index is 0.0285. The number of rotatable bonds is 3. The Kier molecular flexibility index (Phi) is 4.52. The highest BCUT2D eigenvalue weighted by Crippen LogP contribution is 2.37. The Morgan fingerprint density at radius 2 is 1.85 bits per heavy atom. The molecule has 0 radical (unpaired) electrons. The molecule has 2 aromatic rings. The van der Waals surface area contributed by atoms with E-state index >= 15 is 0 Å². The maximum absolute atomic E-state index is 13.1. The van der Waals surface area contributed by atoms with E-state index in [0.717, 1.165) is 12.1 Å². The van der Waals surface area contributed by atoms with Gasteiger partial charge in [-0.05, 0) is 40.2 Å². The van der Waals surface area contributed by atoms with Crippen LogP contribution in [-0.4, -0.2) is 11.1 Å². The average molecular weight is 380 g/mol. The molecule has 0 aromatic heterocycles. The van der Waals surface area contributed by atoms with Crippen molar-refractivity contribution in [2.45, 2.75) is 0 Å². The molecule has 0 unspecified atom stereocenters. The molecule has 0 saturated heterocycles. The Hall–Kier alpha value is -1.30. The molecular formula is C13H6BrCl2FO3. The molecule has 0 aliphatic heterocycles. The average Bonchev–Trinajstić information content (AvgIpc) is 2.37. The summed E-state index contributed by atoms with van der Waals surface area (Å²) in [5.74, 6) is -1.83. The van der Waals surface area contributed by atoms with Crippen molar-refractivity contribution in [1.29, 1.82) is 0 Å². The van der Waals surface area contributed by atoms with Gasteiger partial charge < -0.3 is 9.84 Å². The first-order valence-corrected chi connectivity index (χ1v) is 6.78. The first-order valence-electron chi connectivity index (χ1n) is 5.23. The topological polar surface area (TPSA) is 46.5 Å². The van der Waals surface area contributed by atoms with Crippen molar-refractivity contribution < 1.29 is 19.0 Å². The summed E-state index contributed by atoms with van der Waals surface area (Å²) in [6, 6.07) is 6.12. The SMILES string of the molecule is O=C(O)c1cc(F)ccc1Oc1cc(Cl)c(Br)cc1Cl. The molecule has 3 nitrogen and oxygen atoms in total. The molecule has 0 aliphatic rings. The highest BCUT2D eigenvalue weighted by Gasteiger charge is 2.15. The zero-order valence-corrected chi connectivity index (χ0v) is 12.8. The minimum atomic E-state index is -1.31. The van der Waals surface area contributed by atoms with E-state index in [1.807, 2.05) is 0 Å². The fraction of sp³-hybridized carbons (Fsp3) is 0. The van der Waals surface area contributed by atoms with Gasteiger partial charge in [-0.25, -0.2) is 9.18 Å². The Morgan fingerprint density at radius 1 is 1.15 bits per heavy atom. The predicted molar refractivity (Wildman–Crippen MR) is 77.6 cm³/mol. The normalized spacial score (nSPS) is 10.4. The molecule has 20 heavy (non-hydrogen) atoms. The fourth-order valence-electron chi connectivity index (χ4n) is 1.46. The number of hydrogen-bond acceptors (Lipinski definition) is 2. The first kappa shape index (κ1) is 15.1. The van der Waals surface area contributed by atoms with Crippen LogP contribution in [0.25, 0.3) is 0 Å². The first-order chi connectivity index (χ1) is 9.38. The molecule has 0 fully saturated rings. The molecule has 0 bridgehead atoms. The highest BCUT2D eigenvalue weighted by molar-refractivity contribution is 9.10. The molecule has 2 aromatic carbocycles. The summed E-state index contributed by atoms with van der Waals surface area (Å²) >= 11 is 15.1. The quantitative estimate of drug-likeness (QED) is 0.727. The number of ether oxygens (including phenoxy) is 1. The Balaban J connectivity index is 2.45. The zero-order chi connectivity index (χ0) is 14.9. The van der Waals surface area contributed by atoms with Crippen LogP contribution in [0.2, 0.25) is 10.0 Å². The van der Waals surface area contributed by atoms with Crippen molar-refractivity contribution in [1.82, 2.24) is 0 Å². The van der Waals surface area contributed by atoms with Crippen LogP contribution >= 0.6 is 39.1 Å². The lowest BCUT2D eigenvalue weighted by Gasteiger charge is -2.11. The predicted octanol–water partition coefficient (Wildman–Crippen LogP) is 5.39. The highest BCUT2D eigenvalue weighted by atomic mass is 79.9. The van der Waals surface area contributed by atoms with Gasteiger partial charge >= 0.3 is 5.97 Å². The molecule has 1 N–H and O–H groups in total. The zero-order valence-electron chi connectivity index (χ0n) is 9.66. The summed E-state index contributed by atoms with van der Waals surface area (Å²) < 4.78 is 19.1. The van der Waals surface area contributed by atoms with Gasteiger partial charge in [0.2, 0.25) is 0 Å². The van der Waals surface area contributed by atoms with Crippen LogP contribution in [0.5, 0.6) is 11.5 Å². The van der Waals surface area contributed by atoms with Crippen LogP contribution in [0.15, 0.2) is 34.8 Å². The van der Waals surface area contributed by atoms with Crippen molar-refractivity contribution in [2.75, 3.05) is 0 Å². The fourth-order valence-corrected chi connectivity index (χ4v) is 2.29. The standard InChI is InChI=1S/C13H6BrCl2FO3/c14-8-4-10(16)12(5-9(8)15)20-11-2-1-6(17)3-7(11)13(18)19/h1-5H,(H,18,19). The Morgan fingerprint density at radius 3 is 2.50 bits per heavy atom. The molecule has 2 rings (SSSR count). The molecule has 0 saturated carbocycles. The van der Waals surface area contributed by atoms with E-state index in [1.54, 1.807) is 0 Å². The lowest BCUT2D eigenvalue weighted by molar-refractivity contribution is 0.0693. The van der Waals surface area contributed by atoms with Crippen molar-refractivity contribution in [3.63, 3.8) is 0 Å². The largest absolute Gasteiger partial charge is 0.478 e. The summed E-state index contributed by atoms with van der Waals surface area (Å²) in [4.78, 5) is 11.1. The second-order valence-electron chi connectivity index (χ2n) is 3.74. The van der Waals surface area contributed by atoms with E-state index in [9.17, 15) is 9.18 Å². The Bertz CT molecular complexity index is 692. The molecule has 0 aliphatic carbocycles. The smallest absolute Gasteiger partial charge is 0.339 e. The third-order valence-corrected chi connectivity index (χ3v) is 3.86. The third-order valence-electron chi connectivity index (χ3n) is 2.37. The van der Waals surface area contributed by atoms with Gasteiger partial charge in [0.05, 0.1) is 10.0 Å². The second kappa shape index (κ2) is 5.99. The van der Waals surface area contributed by atoms with Gasteiger partial charge in [0.1, 0.15) is 22.9 Å². The van der Waals surface area contributed by atoms with Crippen LogP contribution in [0.4, 0.5) is 4.39 Å². The minimum Gasteiger partial charge on any atom is -0.478 e. The van der Waals surface area contributed by atoms with Crippen molar-refractivity contribution in [3.8, 4) is 11.5 Å². The summed E-state index contributed by atoms with van der Waals surface area (Å²) in [5.41, 5.74) is -0.305.